The van der Waals surface area contributed by atoms with Crippen LogP contribution in [0, 0.1) is 0 Å². The molecule has 0 amide bonds. The summed E-state index contributed by atoms with van der Waals surface area (Å²) in [6.45, 7) is 8.83. The molecule has 22 heavy (non-hydrogen) atoms. The second kappa shape index (κ2) is 13.8. The summed E-state index contributed by atoms with van der Waals surface area (Å²) >= 11 is 0. The van der Waals surface area contributed by atoms with E-state index in [0.717, 1.165) is 0 Å². The van der Waals surface area contributed by atoms with Gasteiger partial charge in [-0.25, -0.2) is 0 Å². The molecule has 0 saturated heterocycles. The van der Waals surface area contributed by atoms with Gasteiger partial charge in [0.1, 0.15) is 6.10 Å². The zero-order valence-electron chi connectivity index (χ0n) is 14.1. The molecule has 12 heteroatoms. The summed E-state index contributed by atoms with van der Waals surface area (Å²) in [5.41, 5.74) is 0. The second-order valence-corrected chi connectivity index (χ2v) is 13.1. The van der Waals surface area contributed by atoms with E-state index in [0.29, 0.717) is 0 Å². The van der Waals surface area contributed by atoms with E-state index in [1.54, 1.807) is 0 Å². The molecule has 140 valence electrons. The lowest BCUT2D eigenvalue weighted by Crippen LogP contribution is -2.25. The van der Waals surface area contributed by atoms with E-state index in [-0.39, 0.29) is 6.61 Å². The molecule has 0 aromatic heterocycles. The molecule has 0 radical (unpaired) electrons. The van der Waals surface area contributed by atoms with E-state index in [2.05, 4.69) is 0 Å². The van der Waals surface area contributed by atoms with Crippen molar-refractivity contribution in [2.24, 2.45) is 0 Å². The number of hydrogen-bond donors (Lipinski definition) is 6. The number of aliphatic hydroxyl groups is 3. The fraction of sp³-hybridized carbons (Fsp3) is 1.00. The first-order valence-electron chi connectivity index (χ1n) is 5.98. The van der Waals surface area contributed by atoms with Gasteiger partial charge >= 0.3 is 0 Å². The molecule has 0 aliphatic heterocycles. The Morgan fingerprint density at radius 3 is 0.864 bits per heavy atom. The van der Waals surface area contributed by atoms with E-state index < -0.39 is 34.3 Å². The van der Waals surface area contributed by atoms with Gasteiger partial charge in [0.25, 0.3) is 0 Å². The summed E-state index contributed by atoms with van der Waals surface area (Å²) < 4.78 is 29.3. The van der Waals surface area contributed by atoms with Crippen LogP contribution in [0.15, 0.2) is 0 Å². The highest BCUT2D eigenvalue weighted by molar-refractivity contribution is 7.56. The summed E-state index contributed by atoms with van der Waals surface area (Å²) in [6.07, 6.45) is -1.81. The smallest absolute Gasteiger partial charge is 0.194 e. The zero-order chi connectivity index (χ0) is 19.4. The Kier molecular flexibility index (Phi) is 19.1. The van der Waals surface area contributed by atoms with E-state index >= 15 is 0 Å². The van der Waals surface area contributed by atoms with E-state index in [1.165, 1.54) is 46.9 Å². The SMILES string of the molecule is CC(O)C(O)CO.CP(C)(=O)O.CP(C)(=O)O.CP(C)(=O)O. The van der Waals surface area contributed by atoms with Gasteiger partial charge in [-0.15, -0.1) is 0 Å². The van der Waals surface area contributed by atoms with Crippen LogP contribution in [0.5, 0.6) is 0 Å². The average Bonchev–Trinajstić information content (AvgIpc) is 2.07. The maximum atomic E-state index is 9.77. The van der Waals surface area contributed by atoms with Gasteiger partial charge in [-0.1, -0.05) is 0 Å². The van der Waals surface area contributed by atoms with Gasteiger partial charge in [-0.3, -0.25) is 13.7 Å². The van der Waals surface area contributed by atoms with Crippen LogP contribution in [0.4, 0.5) is 0 Å². The van der Waals surface area contributed by atoms with Crippen molar-refractivity contribution in [3.63, 3.8) is 0 Å². The van der Waals surface area contributed by atoms with E-state index in [9.17, 15) is 13.7 Å². The molecule has 0 aromatic rings. The van der Waals surface area contributed by atoms with Crippen LogP contribution >= 0.6 is 22.1 Å². The fourth-order valence-electron chi connectivity index (χ4n) is 0.153. The van der Waals surface area contributed by atoms with Crippen molar-refractivity contribution >= 4 is 22.1 Å². The van der Waals surface area contributed by atoms with E-state index in [1.807, 2.05) is 0 Å². The van der Waals surface area contributed by atoms with Gasteiger partial charge in [0, 0.05) is 40.0 Å². The average molecular weight is 388 g/mol. The Bertz CT molecular complexity index is 307. The molecule has 9 nitrogen and oxygen atoms in total. The molecule has 6 N–H and O–H groups in total. The van der Waals surface area contributed by atoms with Crippen LogP contribution in [0.1, 0.15) is 6.92 Å². The maximum absolute atomic E-state index is 9.77. The summed E-state index contributed by atoms with van der Waals surface area (Å²) in [6, 6.07) is 0. The van der Waals surface area contributed by atoms with Crippen LogP contribution < -0.4 is 0 Å². The molecule has 0 aromatic carbocycles. The summed E-state index contributed by atoms with van der Waals surface area (Å²) in [4.78, 5) is 24.2. The van der Waals surface area contributed by atoms with Crippen molar-refractivity contribution in [1.29, 1.82) is 0 Å². The van der Waals surface area contributed by atoms with Crippen LogP contribution in [0.25, 0.3) is 0 Å². The molecule has 0 saturated carbocycles. The molecule has 0 bridgehead atoms. The van der Waals surface area contributed by atoms with Crippen molar-refractivity contribution < 1.29 is 43.7 Å². The Balaban J connectivity index is -0.0000000995. The largest absolute Gasteiger partial charge is 0.394 e. The van der Waals surface area contributed by atoms with Crippen molar-refractivity contribution in [2.45, 2.75) is 19.1 Å². The topological polar surface area (TPSA) is 173 Å². The van der Waals surface area contributed by atoms with Crippen LogP contribution in [0.3, 0.4) is 0 Å². The van der Waals surface area contributed by atoms with Crippen molar-refractivity contribution in [1.82, 2.24) is 0 Å². The van der Waals surface area contributed by atoms with Crippen LogP contribution in [-0.2, 0) is 13.7 Å². The van der Waals surface area contributed by atoms with Crippen molar-refractivity contribution in [2.75, 3.05) is 46.6 Å². The van der Waals surface area contributed by atoms with Gasteiger partial charge in [0.05, 0.1) is 12.7 Å². The highest BCUT2D eigenvalue weighted by atomic mass is 31.2. The first-order valence-corrected chi connectivity index (χ1v) is 13.6. The lowest BCUT2D eigenvalue weighted by molar-refractivity contribution is -0.00425. The van der Waals surface area contributed by atoms with E-state index in [4.69, 9.17) is 30.0 Å². The van der Waals surface area contributed by atoms with Gasteiger partial charge in [0.15, 0.2) is 22.1 Å². The molecule has 2 unspecified atom stereocenters. The molecule has 0 aliphatic carbocycles. The number of rotatable bonds is 2. The molecule has 2 atom stereocenters. The Labute approximate surface area is 132 Å². The molecule has 0 rings (SSSR count). The zero-order valence-corrected chi connectivity index (χ0v) is 16.8. The monoisotopic (exact) mass is 388 g/mol. The lowest BCUT2D eigenvalue weighted by atomic mass is 10.2. The minimum Gasteiger partial charge on any atom is -0.394 e. The minimum absolute atomic E-state index is 0.377. The summed E-state index contributed by atoms with van der Waals surface area (Å²) in [5, 5.41) is 24.9. The molecular formula is C10H31O9P3. The standard InChI is InChI=1S/C4H10O3.3C2H7O2P/c1-3(6)4(7)2-5;3*1-5(2,3)4/h3-7H,2H2,1H3;3*1-2H3,(H,3,4). The van der Waals surface area contributed by atoms with Gasteiger partial charge in [0.2, 0.25) is 0 Å². The van der Waals surface area contributed by atoms with Crippen LogP contribution in [-0.4, -0.2) is 88.8 Å². The summed E-state index contributed by atoms with van der Waals surface area (Å²) in [7, 11) is -7.92. The lowest BCUT2D eigenvalue weighted by Gasteiger charge is -2.07. The summed E-state index contributed by atoms with van der Waals surface area (Å²) in [5.74, 6) is 0. The number of aliphatic hydroxyl groups excluding tert-OH is 3. The molecule has 0 spiro atoms. The third kappa shape index (κ3) is 186. The molecule has 0 heterocycles. The van der Waals surface area contributed by atoms with Crippen molar-refractivity contribution in [3.05, 3.63) is 0 Å². The maximum Gasteiger partial charge on any atom is 0.194 e. The minimum atomic E-state index is -2.64. The van der Waals surface area contributed by atoms with Gasteiger partial charge in [-0.05, 0) is 6.92 Å². The van der Waals surface area contributed by atoms with Crippen molar-refractivity contribution in [3.8, 4) is 0 Å². The quantitative estimate of drug-likeness (QED) is 0.363. The first kappa shape index (κ1) is 30.3. The van der Waals surface area contributed by atoms with Gasteiger partial charge < -0.3 is 30.0 Å². The predicted molar refractivity (Wildman–Crippen MR) is 89.8 cm³/mol. The van der Waals surface area contributed by atoms with Gasteiger partial charge in [-0.2, -0.15) is 0 Å². The Hall–Kier alpha value is 0.450. The Morgan fingerprint density at radius 2 is 0.864 bits per heavy atom. The fourth-order valence-corrected chi connectivity index (χ4v) is 0.153. The third-order valence-corrected chi connectivity index (χ3v) is 0.744. The number of hydrogen-bond acceptors (Lipinski definition) is 6. The predicted octanol–water partition coefficient (Wildman–Crippen LogP) is 0.270. The molecule has 0 fully saturated rings. The van der Waals surface area contributed by atoms with Crippen LogP contribution in [0.2, 0.25) is 0 Å². The molecule has 0 aliphatic rings. The highest BCUT2D eigenvalue weighted by Gasteiger charge is 2.06. The first-order chi connectivity index (χ1) is 9.18. The molecular weight excluding hydrogens is 357 g/mol. The second-order valence-electron chi connectivity index (χ2n) is 5.37. The Morgan fingerprint density at radius 1 is 0.727 bits per heavy atom. The third-order valence-electron chi connectivity index (χ3n) is 0.744. The highest BCUT2D eigenvalue weighted by Crippen LogP contribution is 2.28. The normalized spacial score (nSPS) is 14.0.